The predicted molar refractivity (Wildman–Crippen MR) is 93.3 cm³/mol. The molecule has 128 valence electrons. The number of methoxy groups -OCH3 is 1. The number of nitrogens with zero attached hydrogens (tertiary/aromatic N) is 2. The van der Waals surface area contributed by atoms with Crippen LogP contribution in [0.25, 0.3) is 5.69 Å². The Balaban J connectivity index is 1.83. The number of thioether (sulfide) groups is 1. The van der Waals surface area contributed by atoms with Crippen molar-refractivity contribution in [3.05, 3.63) is 42.2 Å². The lowest BCUT2D eigenvalue weighted by atomic mass is 10.2. The molecule has 2 aromatic rings. The highest BCUT2D eigenvalue weighted by atomic mass is 32.2. The molecule has 0 spiro atoms. The molecule has 7 heteroatoms. The molecule has 0 fully saturated rings. The van der Waals surface area contributed by atoms with Gasteiger partial charge in [0.2, 0.25) is 5.91 Å². The number of rotatable bonds is 8. The number of hydrogen-bond donors (Lipinski definition) is 1. The number of para-hydroxylation sites is 1. The summed E-state index contributed by atoms with van der Waals surface area (Å²) in [5, 5.41) is 3.56. The highest BCUT2D eigenvalue weighted by Gasteiger charge is 2.10. The van der Waals surface area contributed by atoms with Gasteiger partial charge in [-0.15, -0.1) is 0 Å². The Morgan fingerprint density at radius 2 is 2.12 bits per heavy atom. The van der Waals surface area contributed by atoms with Gasteiger partial charge in [0.05, 0.1) is 18.6 Å². The van der Waals surface area contributed by atoms with E-state index in [-0.39, 0.29) is 17.6 Å². The normalized spacial score (nSPS) is 10.4. The fourth-order valence-electron chi connectivity index (χ4n) is 2.16. The van der Waals surface area contributed by atoms with Gasteiger partial charge < -0.3 is 10.1 Å². The van der Waals surface area contributed by atoms with Crippen LogP contribution in [0.4, 0.5) is 0 Å². The maximum Gasteiger partial charge on any atom is 0.305 e. The van der Waals surface area contributed by atoms with Gasteiger partial charge in [-0.3, -0.25) is 14.2 Å². The minimum Gasteiger partial charge on any atom is -0.469 e. The summed E-state index contributed by atoms with van der Waals surface area (Å²) in [6.07, 6.45) is 4.49. The third kappa shape index (κ3) is 5.13. The molecule has 2 rings (SSSR count). The number of benzene rings is 1. The van der Waals surface area contributed by atoms with Gasteiger partial charge in [-0.25, -0.2) is 4.98 Å². The number of nitrogens with one attached hydrogen (secondary N) is 1. The quantitative estimate of drug-likeness (QED) is 0.451. The molecule has 24 heavy (non-hydrogen) atoms. The number of aromatic nitrogens is 2. The number of aryl methyl sites for hydroxylation is 1. The monoisotopic (exact) mass is 347 g/mol. The highest BCUT2D eigenvalue weighted by Crippen LogP contribution is 2.22. The minimum atomic E-state index is -0.265. The Morgan fingerprint density at radius 3 is 2.88 bits per heavy atom. The number of imidazole rings is 1. The topological polar surface area (TPSA) is 73.2 Å². The summed E-state index contributed by atoms with van der Waals surface area (Å²) in [7, 11) is 1.36. The van der Waals surface area contributed by atoms with E-state index < -0.39 is 0 Å². The van der Waals surface area contributed by atoms with E-state index >= 15 is 0 Å². The lowest BCUT2D eigenvalue weighted by molar-refractivity contribution is -0.140. The molecular weight excluding hydrogens is 326 g/mol. The molecular formula is C17H21N3O3S. The summed E-state index contributed by atoms with van der Waals surface area (Å²) in [4.78, 5) is 27.2. The van der Waals surface area contributed by atoms with E-state index in [4.69, 9.17) is 0 Å². The zero-order valence-corrected chi connectivity index (χ0v) is 14.6. The van der Waals surface area contributed by atoms with Crippen molar-refractivity contribution in [2.24, 2.45) is 0 Å². The molecule has 1 aromatic carbocycles. The molecule has 0 aliphatic rings. The fraction of sp³-hybridized carbons (Fsp3) is 0.353. The number of carbonyl (C=O) groups is 2. The van der Waals surface area contributed by atoms with Gasteiger partial charge in [-0.2, -0.15) is 0 Å². The molecule has 0 aliphatic carbocycles. The summed E-state index contributed by atoms with van der Waals surface area (Å²) in [5.74, 6) is -0.0655. The Morgan fingerprint density at radius 1 is 1.33 bits per heavy atom. The fourth-order valence-corrected chi connectivity index (χ4v) is 2.95. The minimum absolute atomic E-state index is 0.0794. The second kappa shape index (κ2) is 9.12. The van der Waals surface area contributed by atoms with Crippen LogP contribution in [-0.2, 0) is 14.3 Å². The highest BCUT2D eigenvalue weighted by molar-refractivity contribution is 7.99. The smallest absolute Gasteiger partial charge is 0.305 e. The molecule has 1 N–H and O–H groups in total. The Labute approximate surface area is 145 Å². The van der Waals surface area contributed by atoms with E-state index in [0.29, 0.717) is 19.4 Å². The van der Waals surface area contributed by atoms with E-state index in [0.717, 1.165) is 16.4 Å². The average Bonchev–Trinajstić information content (AvgIpc) is 3.05. The summed E-state index contributed by atoms with van der Waals surface area (Å²) in [6, 6.07) is 8.03. The van der Waals surface area contributed by atoms with Crippen LogP contribution in [0.3, 0.4) is 0 Å². The van der Waals surface area contributed by atoms with Gasteiger partial charge in [0.15, 0.2) is 5.16 Å². The maximum absolute atomic E-state index is 11.9. The zero-order valence-electron chi connectivity index (χ0n) is 13.8. The largest absolute Gasteiger partial charge is 0.469 e. The standard InChI is InChI=1S/C17H21N3O3S/c1-13-6-3-4-7-14(13)20-11-10-19-17(20)24-12-15(21)18-9-5-8-16(22)23-2/h3-4,6-7,10-11H,5,8-9,12H2,1-2H3,(H,18,21). The van der Waals surface area contributed by atoms with Crippen molar-refractivity contribution in [3.63, 3.8) is 0 Å². The van der Waals surface area contributed by atoms with E-state index in [2.05, 4.69) is 15.0 Å². The van der Waals surface area contributed by atoms with E-state index in [1.807, 2.05) is 42.0 Å². The SMILES string of the molecule is COC(=O)CCCNC(=O)CSc1nccn1-c1ccccc1C. The number of hydrogen-bond acceptors (Lipinski definition) is 5. The predicted octanol–water partition coefficient (Wildman–Crippen LogP) is 2.34. The lowest BCUT2D eigenvalue weighted by Crippen LogP contribution is -2.26. The van der Waals surface area contributed by atoms with Crippen LogP contribution < -0.4 is 5.32 Å². The number of amides is 1. The summed E-state index contributed by atoms with van der Waals surface area (Å²) < 4.78 is 6.53. The second-order valence-corrected chi connectivity index (χ2v) is 6.13. The Bertz CT molecular complexity index is 700. The second-order valence-electron chi connectivity index (χ2n) is 5.18. The summed E-state index contributed by atoms with van der Waals surface area (Å²) in [6.45, 7) is 2.50. The molecule has 0 aliphatic heterocycles. The molecule has 0 unspecified atom stereocenters. The third-order valence-corrected chi connectivity index (χ3v) is 4.39. The Hall–Kier alpha value is -2.28. The Kier molecular flexibility index (Phi) is 6.87. The van der Waals surface area contributed by atoms with Crippen molar-refractivity contribution < 1.29 is 14.3 Å². The van der Waals surface area contributed by atoms with Crippen molar-refractivity contribution in [2.45, 2.75) is 24.9 Å². The van der Waals surface area contributed by atoms with E-state index in [1.54, 1.807) is 6.20 Å². The number of esters is 1. The molecule has 0 bridgehead atoms. The summed E-state index contributed by atoms with van der Waals surface area (Å²) in [5.41, 5.74) is 2.19. The van der Waals surface area contributed by atoms with Crippen LogP contribution in [0, 0.1) is 6.92 Å². The molecule has 0 saturated carbocycles. The first-order chi connectivity index (χ1) is 11.6. The van der Waals surface area contributed by atoms with Crippen LogP contribution in [-0.4, -0.2) is 40.8 Å². The molecule has 0 atom stereocenters. The van der Waals surface area contributed by atoms with Crippen LogP contribution in [0.15, 0.2) is 41.8 Å². The molecule has 1 aromatic heterocycles. The van der Waals surface area contributed by atoms with Crippen LogP contribution in [0.1, 0.15) is 18.4 Å². The van der Waals surface area contributed by atoms with Crippen molar-refractivity contribution in [1.82, 2.24) is 14.9 Å². The van der Waals surface area contributed by atoms with Crippen molar-refractivity contribution in [1.29, 1.82) is 0 Å². The van der Waals surface area contributed by atoms with Crippen molar-refractivity contribution >= 4 is 23.6 Å². The van der Waals surface area contributed by atoms with Gasteiger partial charge >= 0.3 is 5.97 Å². The lowest BCUT2D eigenvalue weighted by Gasteiger charge is -2.10. The van der Waals surface area contributed by atoms with Crippen LogP contribution in [0.5, 0.6) is 0 Å². The van der Waals surface area contributed by atoms with Crippen molar-refractivity contribution in [3.8, 4) is 5.69 Å². The summed E-state index contributed by atoms with van der Waals surface area (Å²) >= 11 is 1.38. The molecule has 0 saturated heterocycles. The number of carbonyl (C=O) groups excluding carboxylic acids is 2. The van der Waals surface area contributed by atoms with E-state index in [9.17, 15) is 9.59 Å². The third-order valence-electron chi connectivity index (χ3n) is 3.42. The van der Waals surface area contributed by atoms with Crippen LogP contribution in [0.2, 0.25) is 0 Å². The van der Waals surface area contributed by atoms with Gasteiger partial charge in [-0.05, 0) is 25.0 Å². The van der Waals surface area contributed by atoms with Gasteiger partial charge in [0.1, 0.15) is 0 Å². The first-order valence-corrected chi connectivity index (χ1v) is 8.66. The number of ether oxygens (including phenoxy) is 1. The molecule has 1 heterocycles. The van der Waals surface area contributed by atoms with Crippen LogP contribution >= 0.6 is 11.8 Å². The van der Waals surface area contributed by atoms with Crippen molar-refractivity contribution in [2.75, 3.05) is 19.4 Å². The van der Waals surface area contributed by atoms with Gasteiger partial charge in [0.25, 0.3) is 0 Å². The first kappa shape index (κ1) is 18.1. The van der Waals surface area contributed by atoms with E-state index in [1.165, 1.54) is 18.9 Å². The molecule has 0 radical (unpaired) electrons. The zero-order chi connectivity index (χ0) is 17.4. The molecule has 1 amide bonds. The first-order valence-electron chi connectivity index (χ1n) is 7.67. The maximum atomic E-state index is 11.9. The average molecular weight is 347 g/mol. The molecule has 6 nitrogen and oxygen atoms in total. The van der Waals surface area contributed by atoms with Gasteiger partial charge in [0, 0.05) is 25.4 Å². The van der Waals surface area contributed by atoms with Gasteiger partial charge in [-0.1, -0.05) is 30.0 Å².